The molecule has 1 saturated heterocycles. The SMILES string of the molecule is C=C(C)[C@@H]1CC[C@]2(C=O)CC[C@]3(C)[C@H](CC[C@@H]4[C@@]5(C)CCN(C(=O)/C=C/c6ccc(C(=O)O)cc6)C(C)(C)[C@@H]5CC[C@]43C)[C@@H]12. The van der Waals surface area contributed by atoms with Gasteiger partial charge in [-0.1, -0.05) is 45.1 Å². The Morgan fingerprint density at radius 1 is 0.886 bits per heavy atom. The Labute approximate surface area is 264 Å². The summed E-state index contributed by atoms with van der Waals surface area (Å²) in [5, 5.41) is 9.19. The zero-order valence-electron chi connectivity index (χ0n) is 27.8. The Kier molecular flexibility index (Phi) is 7.41. The fourth-order valence-electron chi connectivity index (χ4n) is 12.5. The molecule has 1 heterocycles. The lowest BCUT2D eigenvalue weighted by Gasteiger charge is -2.73. The normalized spacial score (nSPS) is 42.5. The topological polar surface area (TPSA) is 74.7 Å². The zero-order valence-corrected chi connectivity index (χ0v) is 27.8. The number of aromatic carboxylic acids is 1. The van der Waals surface area contributed by atoms with Crippen LogP contribution in [-0.4, -0.2) is 40.3 Å². The highest BCUT2D eigenvalue weighted by atomic mass is 16.4. The molecule has 4 aliphatic carbocycles. The van der Waals surface area contributed by atoms with Crippen LogP contribution in [0.5, 0.6) is 0 Å². The number of nitrogens with zero attached hydrogens (tertiary/aromatic N) is 1. The number of fused-ring (bicyclic) bond motifs is 7. The number of carboxylic acids is 1. The number of amides is 1. The molecule has 1 aliphatic heterocycles. The fraction of sp³-hybridized carbons (Fsp3) is 0.667. The molecule has 5 heteroatoms. The number of rotatable bonds is 5. The number of carboxylic acid groups (broad SMARTS) is 1. The van der Waals surface area contributed by atoms with Crippen LogP contribution < -0.4 is 0 Å². The highest BCUT2D eigenvalue weighted by Gasteiger charge is 2.71. The van der Waals surface area contributed by atoms with Gasteiger partial charge in [0.2, 0.25) is 5.91 Å². The van der Waals surface area contributed by atoms with Crippen LogP contribution in [0.4, 0.5) is 0 Å². The maximum atomic E-state index is 13.7. The van der Waals surface area contributed by atoms with Gasteiger partial charge in [-0.25, -0.2) is 4.79 Å². The van der Waals surface area contributed by atoms with Gasteiger partial charge in [0, 0.05) is 23.6 Å². The summed E-state index contributed by atoms with van der Waals surface area (Å²) < 4.78 is 0. The number of likely N-dealkylation sites (tertiary alicyclic amines) is 1. The van der Waals surface area contributed by atoms with E-state index in [4.69, 9.17) is 0 Å². The molecule has 1 N–H and O–H groups in total. The number of carbonyl (C=O) groups excluding carboxylic acids is 2. The van der Waals surface area contributed by atoms with E-state index < -0.39 is 5.97 Å². The molecule has 1 aromatic carbocycles. The molecule has 238 valence electrons. The minimum absolute atomic E-state index is 0.0351. The van der Waals surface area contributed by atoms with Crippen molar-refractivity contribution in [1.29, 1.82) is 0 Å². The maximum absolute atomic E-state index is 13.7. The van der Waals surface area contributed by atoms with Crippen LogP contribution in [0, 0.1) is 51.2 Å². The lowest BCUT2D eigenvalue weighted by atomic mass is 9.33. The van der Waals surface area contributed by atoms with Crippen LogP contribution in [0.15, 0.2) is 42.5 Å². The number of aldehydes is 1. The van der Waals surface area contributed by atoms with Crippen LogP contribution >= 0.6 is 0 Å². The second-order valence-corrected chi connectivity index (χ2v) is 16.7. The lowest BCUT2D eigenvalue weighted by Crippen LogP contribution is -2.70. The van der Waals surface area contributed by atoms with E-state index in [9.17, 15) is 19.5 Å². The van der Waals surface area contributed by atoms with Gasteiger partial charge in [0.15, 0.2) is 0 Å². The van der Waals surface area contributed by atoms with Crippen LogP contribution in [-0.2, 0) is 9.59 Å². The predicted octanol–water partition coefficient (Wildman–Crippen LogP) is 8.45. The van der Waals surface area contributed by atoms with Crippen LogP contribution in [0.1, 0.15) is 115 Å². The molecule has 0 aromatic heterocycles. The summed E-state index contributed by atoms with van der Waals surface area (Å²) >= 11 is 0. The number of allylic oxidation sites excluding steroid dienone is 1. The summed E-state index contributed by atoms with van der Waals surface area (Å²) in [6.45, 7) is 19.7. The first-order chi connectivity index (χ1) is 20.6. The zero-order chi connectivity index (χ0) is 31.9. The third kappa shape index (κ3) is 4.26. The lowest BCUT2D eigenvalue weighted by molar-refractivity contribution is -0.238. The van der Waals surface area contributed by atoms with Crippen LogP contribution in [0.2, 0.25) is 0 Å². The average Bonchev–Trinajstić information content (AvgIpc) is 3.37. The molecule has 5 fully saturated rings. The fourth-order valence-corrected chi connectivity index (χ4v) is 12.5. The van der Waals surface area contributed by atoms with Gasteiger partial charge < -0.3 is 14.8 Å². The van der Waals surface area contributed by atoms with Crippen LogP contribution in [0.25, 0.3) is 6.08 Å². The molecule has 5 nitrogen and oxygen atoms in total. The minimum Gasteiger partial charge on any atom is -0.478 e. The highest BCUT2D eigenvalue weighted by Crippen LogP contribution is 2.76. The molecule has 44 heavy (non-hydrogen) atoms. The Hall–Kier alpha value is -2.69. The highest BCUT2D eigenvalue weighted by molar-refractivity contribution is 5.93. The van der Waals surface area contributed by atoms with Gasteiger partial charge in [0.25, 0.3) is 0 Å². The van der Waals surface area contributed by atoms with E-state index in [0.717, 1.165) is 50.6 Å². The third-order valence-electron chi connectivity index (χ3n) is 14.9. The van der Waals surface area contributed by atoms with Crippen molar-refractivity contribution in [2.45, 2.75) is 105 Å². The van der Waals surface area contributed by atoms with Gasteiger partial charge in [-0.3, -0.25) is 4.79 Å². The van der Waals surface area contributed by atoms with E-state index in [1.54, 1.807) is 30.3 Å². The van der Waals surface area contributed by atoms with Gasteiger partial charge in [-0.05, 0) is 148 Å². The molecule has 1 aromatic rings. The summed E-state index contributed by atoms with van der Waals surface area (Å²) in [6.07, 6.45) is 14.9. The first kappa shape index (κ1) is 31.3. The number of carbonyl (C=O) groups is 3. The largest absolute Gasteiger partial charge is 0.478 e. The van der Waals surface area contributed by atoms with E-state index in [1.807, 2.05) is 6.08 Å². The van der Waals surface area contributed by atoms with Gasteiger partial charge >= 0.3 is 5.97 Å². The molecule has 6 rings (SSSR count). The van der Waals surface area contributed by atoms with Crippen molar-refractivity contribution in [2.24, 2.45) is 51.2 Å². The second-order valence-electron chi connectivity index (χ2n) is 16.7. The Balaban J connectivity index is 1.25. The number of hydrogen-bond acceptors (Lipinski definition) is 3. The molecule has 1 amide bonds. The number of hydrogen-bond donors (Lipinski definition) is 1. The second kappa shape index (κ2) is 10.4. The van der Waals surface area contributed by atoms with Crippen molar-refractivity contribution in [3.05, 3.63) is 53.6 Å². The quantitative estimate of drug-likeness (QED) is 0.209. The van der Waals surface area contributed by atoms with E-state index in [-0.39, 0.29) is 38.7 Å². The van der Waals surface area contributed by atoms with Crippen molar-refractivity contribution in [3.63, 3.8) is 0 Å². The Morgan fingerprint density at radius 3 is 2.23 bits per heavy atom. The first-order valence-electron chi connectivity index (χ1n) is 17.1. The molecular weight excluding hydrogens is 546 g/mol. The molecule has 4 saturated carbocycles. The molecule has 0 bridgehead atoms. The van der Waals surface area contributed by atoms with Gasteiger partial charge in [-0.2, -0.15) is 0 Å². The smallest absolute Gasteiger partial charge is 0.335 e. The van der Waals surface area contributed by atoms with Gasteiger partial charge in [0.05, 0.1) is 5.56 Å². The van der Waals surface area contributed by atoms with Gasteiger partial charge in [-0.15, -0.1) is 0 Å². The molecule has 0 spiro atoms. The summed E-state index contributed by atoms with van der Waals surface area (Å²) in [7, 11) is 0. The molecular formula is C39H53NO4. The average molecular weight is 600 g/mol. The van der Waals surface area contributed by atoms with Crippen molar-refractivity contribution in [2.75, 3.05) is 6.54 Å². The Bertz CT molecular complexity index is 1390. The molecule has 5 aliphatic rings. The van der Waals surface area contributed by atoms with E-state index >= 15 is 0 Å². The molecule has 9 atom stereocenters. The summed E-state index contributed by atoms with van der Waals surface area (Å²) in [5.41, 5.74) is 2.48. The predicted molar refractivity (Wildman–Crippen MR) is 175 cm³/mol. The molecule has 0 radical (unpaired) electrons. The monoisotopic (exact) mass is 599 g/mol. The van der Waals surface area contributed by atoms with E-state index in [2.05, 4.69) is 53.0 Å². The third-order valence-corrected chi connectivity index (χ3v) is 14.9. The minimum atomic E-state index is -0.951. The van der Waals surface area contributed by atoms with E-state index in [1.165, 1.54) is 31.1 Å². The summed E-state index contributed by atoms with van der Waals surface area (Å²) in [5.74, 6) is 1.57. The van der Waals surface area contributed by atoms with Crippen LogP contribution in [0.3, 0.4) is 0 Å². The summed E-state index contributed by atoms with van der Waals surface area (Å²) in [6, 6.07) is 6.65. The van der Waals surface area contributed by atoms with Crippen molar-refractivity contribution < 1.29 is 19.5 Å². The maximum Gasteiger partial charge on any atom is 0.335 e. The number of piperidine rings is 1. The Morgan fingerprint density at radius 2 is 1.59 bits per heavy atom. The first-order valence-corrected chi connectivity index (χ1v) is 17.1. The number of benzene rings is 1. The van der Waals surface area contributed by atoms with Crippen molar-refractivity contribution in [3.8, 4) is 0 Å². The van der Waals surface area contributed by atoms with E-state index in [0.29, 0.717) is 29.6 Å². The molecule has 0 unspecified atom stereocenters. The van der Waals surface area contributed by atoms with Crippen molar-refractivity contribution >= 4 is 24.2 Å². The van der Waals surface area contributed by atoms with Crippen molar-refractivity contribution in [1.82, 2.24) is 4.90 Å². The summed E-state index contributed by atoms with van der Waals surface area (Å²) in [4.78, 5) is 39.7. The van der Waals surface area contributed by atoms with Gasteiger partial charge in [0.1, 0.15) is 6.29 Å². The standard InChI is InChI=1S/C39H53NO4/c1-25(2)28-16-19-39(24-41)21-20-37(6)29(33(28)39)13-14-31-36(5)22-23-40(35(3,4)30(36)17-18-38(31,37)7)32(42)15-10-26-8-11-27(12-9-26)34(43)44/h8-12,15,24,28-31,33H,1,13-14,16-23H2,2-7H3,(H,43,44)/b15-10+/t28-,29+,30-,31+,33+,36-,37+,38+,39+/m0/s1.